The van der Waals surface area contributed by atoms with E-state index in [4.69, 9.17) is 4.42 Å². The molecule has 4 aliphatic rings. The summed E-state index contributed by atoms with van der Waals surface area (Å²) in [6, 6.07) is 70.6. The predicted molar refractivity (Wildman–Crippen MR) is 379 cm³/mol. The number of fused-ring (bicyclic) bond motifs is 10. The number of anilines is 11. The number of para-hydroxylation sites is 2. The lowest BCUT2D eigenvalue weighted by Crippen LogP contribution is -2.64. The van der Waals surface area contributed by atoms with Crippen LogP contribution in [0.5, 0.6) is 0 Å². The fraction of sp³-hybridized carbons (Fsp3) is 0.341. The highest BCUT2D eigenvalue weighted by molar-refractivity contribution is 7.00. The van der Waals surface area contributed by atoms with Crippen LogP contribution in [0.1, 0.15) is 177 Å². The molecular weight excluding hydrogens is 1070 g/mol. The second kappa shape index (κ2) is 19.8. The van der Waals surface area contributed by atoms with Crippen LogP contribution >= 0.6 is 0 Å². The van der Waals surface area contributed by atoms with E-state index in [0.29, 0.717) is 0 Å². The largest absolute Gasteiger partial charge is 0.454 e. The predicted octanol–water partition coefficient (Wildman–Crippen LogP) is 21.4. The Bertz CT molecular complexity index is 4270. The van der Waals surface area contributed by atoms with Crippen molar-refractivity contribution in [2.75, 3.05) is 19.6 Å². The molecule has 14 rings (SSSR count). The van der Waals surface area contributed by atoms with Gasteiger partial charge in [0, 0.05) is 67.4 Å². The van der Waals surface area contributed by atoms with Crippen molar-refractivity contribution in [2.45, 2.75) is 181 Å². The summed E-state index contributed by atoms with van der Waals surface area (Å²) in [7, 11) is 0. The quantitative estimate of drug-likeness (QED) is 0.148. The van der Waals surface area contributed by atoms with Gasteiger partial charge < -0.3 is 24.0 Å². The van der Waals surface area contributed by atoms with E-state index in [2.05, 4.69) is 319 Å². The van der Waals surface area contributed by atoms with E-state index in [1.165, 1.54) is 74.0 Å². The van der Waals surface area contributed by atoms with Crippen LogP contribution in [0.3, 0.4) is 0 Å². The van der Waals surface area contributed by atoms with E-state index >= 15 is 0 Å². The van der Waals surface area contributed by atoms with Crippen molar-refractivity contribution >= 4 is 108 Å². The molecule has 0 radical (unpaired) electrons. The first-order chi connectivity index (χ1) is 41.5. The average molecular weight is 1160 g/mol. The molecule has 6 heteroatoms. The van der Waals surface area contributed by atoms with E-state index in [1.54, 1.807) is 0 Å². The Morgan fingerprint density at radius 3 is 1.38 bits per heavy atom. The third-order valence-corrected chi connectivity index (χ3v) is 21.0. The molecule has 1 fully saturated rings. The number of benzene rings is 9. The standard InChI is InChI=1S/C82H89BN4O/c1-76(2,3)52-27-35-57(36-28-52)84(58-37-29-53(30-38-58)77(4,5)6)61-43-44-66-69(49-61)86(68-25-22-24-64-63-23-18-19-26-72(63)88-75(64)68)70-50-62(85(59-39-31-54(32-40-59)78(7,8)9)60-41-33-55(34-42-60)79(10,11)12)51-71-73(70)83(66)67-48-56(80(13,14)15)47-65-74(67)87(71)82(17)46-21-20-45-81(65,82)16/h18-19,22-44,47-51H,20-21,45-46H2,1-17H3. The zero-order valence-electron chi connectivity index (χ0n) is 55.4. The molecule has 0 bridgehead atoms. The lowest BCUT2D eigenvalue weighted by Gasteiger charge is -2.53. The minimum absolute atomic E-state index is 0.000805. The molecule has 1 aromatic heterocycles. The second-order valence-corrected chi connectivity index (χ2v) is 31.9. The molecule has 1 saturated carbocycles. The smallest absolute Gasteiger partial charge is 0.252 e. The fourth-order valence-corrected chi connectivity index (χ4v) is 15.5. The maximum absolute atomic E-state index is 7.24. The second-order valence-electron chi connectivity index (χ2n) is 31.9. The molecule has 2 unspecified atom stereocenters. The van der Waals surface area contributed by atoms with Gasteiger partial charge in [0.25, 0.3) is 6.71 Å². The normalized spacial score (nSPS) is 18.1. The molecule has 0 saturated heterocycles. The summed E-state index contributed by atoms with van der Waals surface area (Å²) in [5.41, 5.74) is 26.2. The summed E-state index contributed by atoms with van der Waals surface area (Å²) >= 11 is 0. The van der Waals surface area contributed by atoms with Gasteiger partial charge in [-0.05, 0) is 182 Å². The first-order valence-electron chi connectivity index (χ1n) is 32.6. The van der Waals surface area contributed by atoms with Gasteiger partial charge >= 0.3 is 0 Å². The zero-order valence-corrected chi connectivity index (χ0v) is 55.4. The molecule has 10 aromatic rings. The maximum atomic E-state index is 7.24. The number of hydrogen-bond acceptors (Lipinski definition) is 5. The summed E-state index contributed by atoms with van der Waals surface area (Å²) in [6.07, 6.45) is 4.65. The van der Waals surface area contributed by atoms with Crippen molar-refractivity contribution in [1.29, 1.82) is 0 Å². The number of hydrogen-bond donors (Lipinski definition) is 0. The van der Waals surface area contributed by atoms with Crippen LogP contribution in [0.25, 0.3) is 21.9 Å². The molecule has 446 valence electrons. The van der Waals surface area contributed by atoms with E-state index in [-0.39, 0.29) is 44.7 Å². The lowest BCUT2D eigenvalue weighted by molar-refractivity contribution is 0.195. The van der Waals surface area contributed by atoms with Crippen molar-refractivity contribution in [3.63, 3.8) is 0 Å². The first-order valence-corrected chi connectivity index (χ1v) is 32.6. The lowest BCUT2D eigenvalue weighted by atomic mass is 9.33. The Morgan fingerprint density at radius 2 is 0.852 bits per heavy atom. The Morgan fingerprint density at radius 1 is 0.398 bits per heavy atom. The van der Waals surface area contributed by atoms with Gasteiger partial charge in [0.1, 0.15) is 5.58 Å². The van der Waals surface area contributed by atoms with Gasteiger partial charge in [-0.15, -0.1) is 0 Å². The summed E-state index contributed by atoms with van der Waals surface area (Å²) < 4.78 is 7.24. The van der Waals surface area contributed by atoms with Gasteiger partial charge in [-0.2, -0.15) is 0 Å². The molecule has 2 atom stereocenters. The van der Waals surface area contributed by atoms with E-state index in [0.717, 1.165) is 86.0 Å². The molecule has 5 nitrogen and oxygen atoms in total. The molecule has 4 heterocycles. The van der Waals surface area contributed by atoms with Crippen LogP contribution in [0.2, 0.25) is 0 Å². The molecule has 3 aliphatic heterocycles. The van der Waals surface area contributed by atoms with Gasteiger partial charge in [-0.1, -0.05) is 221 Å². The van der Waals surface area contributed by atoms with E-state index < -0.39 is 0 Å². The molecule has 0 amide bonds. The third-order valence-electron chi connectivity index (χ3n) is 21.0. The van der Waals surface area contributed by atoms with Crippen LogP contribution in [-0.4, -0.2) is 12.3 Å². The van der Waals surface area contributed by atoms with Gasteiger partial charge in [0.15, 0.2) is 5.58 Å². The van der Waals surface area contributed by atoms with Crippen LogP contribution in [0.15, 0.2) is 186 Å². The summed E-state index contributed by atoms with van der Waals surface area (Å²) in [6.45, 7) is 40.1. The van der Waals surface area contributed by atoms with E-state index in [1.807, 2.05) is 0 Å². The van der Waals surface area contributed by atoms with Crippen molar-refractivity contribution in [1.82, 2.24) is 0 Å². The van der Waals surface area contributed by atoms with Crippen molar-refractivity contribution < 1.29 is 4.42 Å². The third kappa shape index (κ3) is 9.07. The fourth-order valence-electron chi connectivity index (χ4n) is 15.5. The van der Waals surface area contributed by atoms with Crippen LogP contribution in [-0.2, 0) is 32.5 Å². The monoisotopic (exact) mass is 1160 g/mol. The Hall–Kier alpha value is -7.96. The van der Waals surface area contributed by atoms with Gasteiger partial charge in [-0.25, -0.2) is 0 Å². The Kier molecular flexibility index (Phi) is 13.0. The zero-order chi connectivity index (χ0) is 62.0. The van der Waals surface area contributed by atoms with Gasteiger partial charge in [0.2, 0.25) is 0 Å². The summed E-state index contributed by atoms with van der Waals surface area (Å²) in [5, 5.41) is 2.22. The van der Waals surface area contributed by atoms with E-state index in [9.17, 15) is 0 Å². The van der Waals surface area contributed by atoms with Crippen molar-refractivity contribution in [3.8, 4) is 0 Å². The number of nitrogens with zero attached hydrogens (tertiary/aromatic N) is 4. The van der Waals surface area contributed by atoms with Crippen LogP contribution < -0.4 is 36.0 Å². The van der Waals surface area contributed by atoms with Gasteiger partial charge in [-0.3, -0.25) is 0 Å². The Labute approximate surface area is 525 Å². The Balaban J connectivity index is 1.12. The molecule has 0 spiro atoms. The average Bonchev–Trinajstić information content (AvgIpc) is 0.992. The summed E-state index contributed by atoms with van der Waals surface area (Å²) in [5.74, 6) is 0. The van der Waals surface area contributed by atoms with Gasteiger partial charge in [0.05, 0.1) is 16.9 Å². The number of rotatable bonds is 7. The molecular formula is C82H89BN4O. The number of furan rings is 1. The summed E-state index contributed by atoms with van der Waals surface area (Å²) in [4.78, 5) is 10.5. The highest BCUT2D eigenvalue weighted by Gasteiger charge is 2.62. The van der Waals surface area contributed by atoms with Crippen molar-refractivity contribution in [3.05, 3.63) is 215 Å². The highest BCUT2D eigenvalue weighted by atomic mass is 16.3. The molecule has 9 aromatic carbocycles. The van der Waals surface area contributed by atoms with Crippen molar-refractivity contribution in [2.24, 2.45) is 0 Å². The maximum Gasteiger partial charge on any atom is 0.252 e. The molecule has 0 N–H and O–H groups in total. The van der Waals surface area contributed by atoms with Crippen LogP contribution in [0.4, 0.5) is 62.6 Å². The topological polar surface area (TPSA) is 26.1 Å². The minimum atomic E-state index is -0.205. The SMILES string of the molecule is CC(C)(C)c1ccc(N(c2ccc(C(C)(C)C)cc2)c2ccc3c(c2)N(c2cccc4c2oc2ccccc24)c2cc(N(c4ccc(C(C)(C)C)cc4)c4ccc(C(C)(C)C)cc4)cc4c2B3c2cc(C(C)(C)C)cc3c2N4C2(C)CCCCC32C)cc1. The molecule has 88 heavy (non-hydrogen) atoms. The highest BCUT2D eigenvalue weighted by Crippen LogP contribution is 2.63. The minimum Gasteiger partial charge on any atom is -0.454 e. The molecule has 1 aliphatic carbocycles. The van der Waals surface area contributed by atoms with Crippen LogP contribution in [0, 0.1) is 0 Å². The first kappa shape index (κ1) is 57.8.